The fraction of sp³-hybridized carbons (Fsp3) is 0.412. The maximum atomic E-state index is 12.0. The third kappa shape index (κ3) is 5.42. The van der Waals surface area contributed by atoms with Crippen LogP contribution in [-0.4, -0.2) is 23.0 Å². The smallest absolute Gasteiger partial charge is 0.326 e. The Bertz CT molecular complexity index is 511. The highest BCUT2D eigenvalue weighted by Crippen LogP contribution is 2.22. The average molecular weight is 289 g/mol. The van der Waals surface area contributed by atoms with Gasteiger partial charge in [0.15, 0.2) is 0 Å². The van der Waals surface area contributed by atoms with Gasteiger partial charge in [-0.05, 0) is 36.8 Å². The Kier molecular flexibility index (Phi) is 6.66. The van der Waals surface area contributed by atoms with Gasteiger partial charge in [-0.15, -0.1) is 6.58 Å². The molecule has 2 unspecified atom stereocenters. The van der Waals surface area contributed by atoms with Gasteiger partial charge in [-0.2, -0.15) is 0 Å². The Labute approximate surface area is 125 Å². The van der Waals surface area contributed by atoms with Gasteiger partial charge in [0.25, 0.3) is 0 Å². The van der Waals surface area contributed by atoms with E-state index in [1.54, 1.807) is 6.08 Å². The zero-order chi connectivity index (χ0) is 15.8. The number of aryl methyl sites for hydroxylation is 1. The van der Waals surface area contributed by atoms with Crippen LogP contribution in [-0.2, 0) is 9.59 Å². The number of rotatable bonds is 8. The van der Waals surface area contributed by atoms with Crippen molar-refractivity contribution in [3.8, 4) is 0 Å². The van der Waals surface area contributed by atoms with E-state index in [0.29, 0.717) is 12.8 Å². The third-order valence-electron chi connectivity index (χ3n) is 3.50. The molecule has 0 aromatic heterocycles. The van der Waals surface area contributed by atoms with E-state index in [4.69, 9.17) is 5.11 Å². The van der Waals surface area contributed by atoms with Crippen molar-refractivity contribution in [2.75, 3.05) is 0 Å². The van der Waals surface area contributed by atoms with Crippen molar-refractivity contribution in [1.29, 1.82) is 0 Å². The number of carboxylic acid groups (broad SMARTS) is 1. The highest BCUT2D eigenvalue weighted by Gasteiger charge is 2.20. The molecule has 4 heteroatoms. The van der Waals surface area contributed by atoms with Crippen molar-refractivity contribution in [2.45, 2.75) is 45.1 Å². The summed E-state index contributed by atoms with van der Waals surface area (Å²) < 4.78 is 0. The van der Waals surface area contributed by atoms with Crippen molar-refractivity contribution in [3.05, 3.63) is 48.0 Å². The molecule has 2 N–H and O–H groups in total. The monoisotopic (exact) mass is 289 g/mol. The van der Waals surface area contributed by atoms with Gasteiger partial charge in [-0.3, -0.25) is 4.79 Å². The summed E-state index contributed by atoms with van der Waals surface area (Å²) in [6, 6.07) is 7.06. The van der Waals surface area contributed by atoms with Crippen molar-refractivity contribution >= 4 is 11.9 Å². The number of amides is 1. The molecule has 114 valence electrons. The van der Waals surface area contributed by atoms with E-state index in [1.165, 1.54) is 0 Å². The standard InChI is InChI=1S/C17H23NO3/c1-4-5-10-15(17(20)21)18-16(19)11-13(3)14-9-7-6-8-12(14)2/h4,6-9,13,15H,1,5,10-11H2,2-3H3,(H,18,19)(H,20,21). The summed E-state index contributed by atoms with van der Waals surface area (Å²) in [6.45, 7) is 7.54. The number of carbonyl (C=O) groups is 2. The minimum Gasteiger partial charge on any atom is -0.480 e. The molecule has 1 aromatic rings. The fourth-order valence-corrected chi connectivity index (χ4v) is 2.32. The average Bonchev–Trinajstić information content (AvgIpc) is 2.43. The molecule has 0 radical (unpaired) electrons. The van der Waals surface area contributed by atoms with Crippen LogP contribution in [0.2, 0.25) is 0 Å². The van der Waals surface area contributed by atoms with E-state index in [1.807, 2.05) is 38.1 Å². The number of allylic oxidation sites excluding steroid dienone is 1. The molecule has 21 heavy (non-hydrogen) atoms. The van der Waals surface area contributed by atoms with Gasteiger partial charge < -0.3 is 10.4 Å². The Morgan fingerprint density at radius 2 is 2.05 bits per heavy atom. The summed E-state index contributed by atoms with van der Waals surface area (Å²) in [7, 11) is 0. The number of carbonyl (C=O) groups excluding carboxylic acids is 1. The van der Waals surface area contributed by atoms with E-state index < -0.39 is 12.0 Å². The van der Waals surface area contributed by atoms with Gasteiger partial charge >= 0.3 is 5.97 Å². The fourth-order valence-electron chi connectivity index (χ4n) is 2.32. The number of hydrogen-bond donors (Lipinski definition) is 2. The molecule has 0 saturated carbocycles. The van der Waals surface area contributed by atoms with Gasteiger partial charge in [0.1, 0.15) is 6.04 Å². The van der Waals surface area contributed by atoms with Crippen LogP contribution in [0, 0.1) is 6.92 Å². The minimum atomic E-state index is -1.01. The van der Waals surface area contributed by atoms with Crippen LogP contribution in [0.4, 0.5) is 0 Å². The molecule has 0 spiro atoms. The molecule has 0 saturated heterocycles. The van der Waals surface area contributed by atoms with Gasteiger partial charge in [-0.1, -0.05) is 37.3 Å². The van der Waals surface area contributed by atoms with E-state index in [-0.39, 0.29) is 18.2 Å². The molecule has 0 heterocycles. The Balaban J connectivity index is 2.61. The van der Waals surface area contributed by atoms with Crippen molar-refractivity contribution in [1.82, 2.24) is 5.32 Å². The second-order valence-electron chi connectivity index (χ2n) is 5.29. The van der Waals surface area contributed by atoms with Crippen LogP contribution in [0.25, 0.3) is 0 Å². The topological polar surface area (TPSA) is 66.4 Å². The van der Waals surface area contributed by atoms with Crippen LogP contribution in [0.3, 0.4) is 0 Å². The van der Waals surface area contributed by atoms with E-state index in [0.717, 1.165) is 11.1 Å². The Hall–Kier alpha value is -2.10. The summed E-state index contributed by atoms with van der Waals surface area (Å²) in [5, 5.41) is 11.7. The largest absolute Gasteiger partial charge is 0.480 e. The van der Waals surface area contributed by atoms with Crippen LogP contribution < -0.4 is 5.32 Å². The number of nitrogens with one attached hydrogen (secondary N) is 1. The minimum absolute atomic E-state index is 0.0556. The van der Waals surface area contributed by atoms with Crippen LogP contribution in [0.1, 0.15) is 43.2 Å². The SMILES string of the molecule is C=CCCC(NC(=O)CC(C)c1ccccc1C)C(=O)O. The first-order valence-electron chi connectivity index (χ1n) is 7.14. The molecule has 1 amide bonds. The molecule has 1 aromatic carbocycles. The molecule has 0 fully saturated rings. The first-order valence-corrected chi connectivity index (χ1v) is 7.14. The maximum Gasteiger partial charge on any atom is 0.326 e. The molecular weight excluding hydrogens is 266 g/mol. The number of carboxylic acids is 1. The lowest BCUT2D eigenvalue weighted by Gasteiger charge is -2.17. The first kappa shape index (κ1) is 17.0. The quantitative estimate of drug-likeness (QED) is 0.723. The van der Waals surface area contributed by atoms with Crippen molar-refractivity contribution in [2.24, 2.45) is 0 Å². The van der Waals surface area contributed by atoms with Crippen LogP contribution in [0.15, 0.2) is 36.9 Å². The molecule has 2 atom stereocenters. The first-order chi connectivity index (χ1) is 9.95. The molecule has 4 nitrogen and oxygen atoms in total. The summed E-state index contributed by atoms with van der Waals surface area (Å²) in [5.41, 5.74) is 2.25. The van der Waals surface area contributed by atoms with Gasteiger partial charge in [0, 0.05) is 6.42 Å². The predicted octanol–water partition coefficient (Wildman–Crippen LogP) is 3.02. The van der Waals surface area contributed by atoms with Gasteiger partial charge in [0.2, 0.25) is 5.91 Å². The number of benzene rings is 1. The number of aliphatic carboxylic acids is 1. The second kappa shape index (κ2) is 8.25. The maximum absolute atomic E-state index is 12.0. The zero-order valence-electron chi connectivity index (χ0n) is 12.6. The third-order valence-corrected chi connectivity index (χ3v) is 3.50. The van der Waals surface area contributed by atoms with Crippen molar-refractivity contribution < 1.29 is 14.7 Å². The van der Waals surface area contributed by atoms with E-state index >= 15 is 0 Å². The molecule has 0 aliphatic rings. The molecule has 0 bridgehead atoms. The van der Waals surface area contributed by atoms with E-state index in [2.05, 4.69) is 11.9 Å². The second-order valence-corrected chi connectivity index (χ2v) is 5.29. The lowest BCUT2D eigenvalue weighted by atomic mass is 9.93. The lowest BCUT2D eigenvalue weighted by molar-refractivity contribution is -0.142. The van der Waals surface area contributed by atoms with E-state index in [9.17, 15) is 9.59 Å². The lowest BCUT2D eigenvalue weighted by Crippen LogP contribution is -2.41. The molecule has 0 aliphatic carbocycles. The number of hydrogen-bond acceptors (Lipinski definition) is 2. The molecule has 1 rings (SSSR count). The Morgan fingerprint density at radius 3 is 2.62 bits per heavy atom. The predicted molar refractivity (Wildman–Crippen MR) is 83.2 cm³/mol. The van der Waals surface area contributed by atoms with Crippen LogP contribution in [0.5, 0.6) is 0 Å². The zero-order valence-corrected chi connectivity index (χ0v) is 12.6. The van der Waals surface area contributed by atoms with Gasteiger partial charge in [0.05, 0.1) is 0 Å². The molecule has 0 aliphatic heterocycles. The summed E-state index contributed by atoms with van der Waals surface area (Å²) in [4.78, 5) is 23.1. The summed E-state index contributed by atoms with van der Waals surface area (Å²) >= 11 is 0. The normalized spacial score (nSPS) is 13.2. The van der Waals surface area contributed by atoms with Crippen LogP contribution >= 0.6 is 0 Å². The summed E-state index contributed by atoms with van der Waals surface area (Å²) in [6.07, 6.45) is 2.86. The van der Waals surface area contributed by atoms with Gasteiger partial charge in [-0.25, -0.2) is 4.79 Å². The highest BCUT2D eigenvalue weighted by molar-refractivity contribution is 5.83. The summed E-state index contributed by atoms with van der Waals surface area (Å²) in [5.74, 6) is -1.18. The molecular formula is C17H23NO3. The highest BCUT2D eigenvalue weighted by atomic mass is 16.4. The Morgan fingerprint density at radius 1 is 1.38 bits per heavy atom. The van der Waals surface area contributed by atoms with Crippen molar-refractivity contribution in [3.63, 3.8) is 0 Å².